The molecule has 0 aliphatic rings. The number of para-hydroxylation sites is 1. The molecule has 29 heavy (non-hydrogen) atoms. The molecule has 7 nitrogen and oxygen atoms in total. The summed E-state index contributed by atoms with van der Waals surface area (Å²) in [6.45, 7) is 1.99. The van der Waals surface area contributed by atoms with Crippen molar-refractivity contribution in [1.29, 1.82) is 0 Å². The third-order valence-electron chi connectivity index (χ3n) is 4.56. The molecule has 4 aromatic rings. The number of carbonyl (C=O) groups is 1. The van der Waals surface area contributed by atoms with Crippen LogP contribution in [0.5, 0.6) is 0 Å². The van der Waals surface area contributed by atoms with Crippen LogP contribution in [0.25, 0.3) is 10.9 Å². The van der Waals surface area contributed by atoms with E-state index in [1.54, 1.807) is 36.4 Å². The van der Waals surface area contributed by atoms with E-state index in [-0.39, 0.29) is 5.91 Å². The number of thioether (sulfide) groups is 1. The van der Waals surface area contributed by atoms with Gasteiger partial charge in [0.1, 0.15) is 6.33 Å². The Morgan fingerprint density at radius 3 is 2.79 bits per heavy atom. The summed E-state index contributed by atoms with van der Waals surface area (Å²) in [4.78, 5) is 15.7. The van der Waals surface area contributed by atoms with Gasteiger partial charge in [-0.15, -0.1) is 10.2 Å². The standard InChI is InChI=1S/C21H20N6OS/c1-14-18(17-5-3-4-6-19(17)24-14)11-22-25-20(28)16-9-7-15(8-10-16)12-29-21-26-23-13-27(21)2/h3-11,13,24H,12H2,1-2H3,(H,25,28)/b22-11+. The number of aromatic nitrogens is 4. The van der Waals surface area contributed by atoms with Crippen molar-refractivity contribution < 1.29 is 4.79 Å². The molecule has 0 radical (unpaired) electrons. The minimum absolute atomic E-state index is 0.244. The fourth-order valence-electron chi connectivity index (χ4n) is 2.99. The van der Waals surface area contributed by atoms with E-state index in [1.165, 1.54) is 0 Å². The van der Waals surface area contributed by atoms with Crippen LogP contribution in [0.15, 0.2) is 65.1 Å². The Morgan fingerprint density at radius 2 is 2.03 bits per heavy atom. The number of H-pyrrole nitrogens is 1. The number of hydrogen-bond acceptors (Lipinski definition) is 5. The predicted octanol–water partition coefficient (Wildman–Crippen LogP) is 3.66. The molecule has 0 atom stereocenters. The average molecular weight is 404 g/mol. The highest BCUT2D eigenvalue weighted by molar-refractivity contribution is 7.98. The van der Waals surface area contributed by atoms with Gasteiger partial charge in [-0.25, -0.2) is 5.43 Å². The van der Waals surface area contributed by atoms with Crippen molar-refractivity contribution in [3.8, 4) is 0 Å². The van der Waals surface area contributed by atoms with Gasteiger partial charge in [0.05, 0.1) is 6.21 Å². The Bertz CT molecular complexity index is 1180. The van der Waals surface area contributed by atoms with Crippen LogP contribution in [-0.4, -0.2) is 31.9 Å². The van der Waals surface area contributed by atoms with E-state index >= 15 is 0 Å². The molecule has 2 heterocycles. The van der Waals surface area contributed by atoms with Gasteiger partial charge in [0, 0.05) is 40.5 Å². The van der Waals surface area contributed by atoms with Gasteiger partial charge in [-0.3, -0.25) is 4.79 Å². The number of benzene rings is 2. The lowest BCUT2D eigenvalue weighted by atomic mass is 10.1. The molecule has 2 aromatic heterocycles. The van der Waals surface area contributed by atoms with Crippen LogP contribution in [0.4, 0.5) is 0 Å². The normalized spacial score (nSPS) is 11.4. The maximum absolute atomic E-state index is 12.4. The number of rotatable bonds is 6. The Hall–Kier alpha value is -3.39. The van der Waals surface area contributed by atoms with Crippen LogP contribution in [-0.2, 0) is 12.8 Å². The van der Waals surface area contributed by atoms with E-state index in [9.17, 15) is 4.79 Å². The number of nitrogens with zero attached hydrogens (tertiary/aromatic N) is 4. The highest BCUT2D eigenvalue weighted by atomic mass is 32.2. The van der Waals surface area contributed by atoms with Crippen LogP contribution in [0.3, 0.4) is 0 Å². The molecule has 0 saturated carbocycles. The fourth-order valence-corrected chi connectivity index (χ4v) is 3.83. The monoisotopic (exact) mass is 404 g/mol. The summed E-state index contributed by atoms with van der Waals surface area (Å²) in [6.07, 6.45) is 3.35. The number of aromatic amines is 1. The predicted molar refractivity (Wildman–Crippen MR) is 115 cm³/mol. The van der Waals surface area contributed by atoms with E-state index in [4.69, 9.17) is 0 Å². The van der Waals surface area contributed by atoms with Crippen molar-refractivity contribution in [2.75, 3.05) is 0 Å². The zero-order valence-electron chi connectivity index (χ0n) is 16.1. The first-order valence-electron chi connectivity index (χ1n) is 9.08. The first-order valence-corrected chi connectivity index (χ1v) is 10.1. The summed E-state index contributed by atoms with van der Waals surface area (Å²) >= 11 is 1.60. The topological polar surface area (TPSA) is 88.0 Å². The molecular formula is C21H20N6OS. The van der Waals surface area contributed by atoms with E-state index < -0.39 is 0 Å². The average Bonchev–Trinajstić information content (AvgIpc) is 3.29. The molecule has 0 bridgehead atoms. The highest BCUT2D eigenvalue weighted by Crippen LogP contribution is 2.21. The molecule has 0 aliphatic heterocycles. The molecule has 1 amide bonds. The number of fused-ring (bicyclic) bond motifs is 1. The van der Waals surface area contributed by atoms with Crippen LogP contribution in [0, 0.1) is 6.92 Å². The van der Waals surface area contributed by atoms with Crippen molar-refractivity contribution in [1.82, 2.24) is 25.2 Å². The maximum Gasteiger partial charge on any atom is 0.271 e. The Morgan fingerprint density at radius 1 is 1.24 bits per heavy atom. The minimum atomic E-state index is -0.244. The van der Waals surface area contributed by atoms with Crippen molar-refractivity contribution in [3.63, 3.8) is 0 Å². The van der Waals surface area contributed by atoms with Crippen molar-refractivity contribution in [3.05, 3.63) is 77.2 Å². The summed E-state index contributed by atoms with van der Waals surface area (Å²) in [7, 11) is 1.91. The van der Waals surface area contributed by atoms with Crippen molar-refractivity contribution in [2.24, 2.45) is 12.1 Å². The van der Waals surface area contributed by atoms with Crippen molar-refractivity contribution in [2.45, 2.75) is 17.8 Å². The SMILES string of the molecule is Cc1[nH]c2ccccc2c1/C=N/NC(=O)c1ccc(CSc2nncn2C)cc1. The summed E-state index contributed by atoms with van der Waals surface area (Å²) in [5.41, 5.74) is 7.29. The number of aryl methyl sites for hydroxylation is 2. The third kappa shape index (κ3) is 4.22. The van der Waals surface area contributed by atoms with Gasteiger partial charge >= 0.3 is 0 Å². The molecule has 4 rings (SSSR count). The summed E-state index contributed by atoms with van der Waals surface area (Å²) in [6, 6.07) is 15.5. The minimum Gasteiger partial charge on any atom is -0.358 e. The van der Waals surface area contributed by atoms with Crippen LogP contribution in [0.2, 0.25) is 0 Å². The first kappa shape index (κ1) is 18.9. The number of carbonyl (C=O) groups excluding carboxylic acids is 1. The Balaban J connectivity index is 1.37. The van der Waals surface area contributed by atoms with Crippen LogP contribution < -0.4 is 5.43 Å². The van der Waals surface area contributed by atoms with Gasteiger partial charge in [-0.1, -0.05) is 42.1 Å². The zero-order chi connectivity index (χ0) is 20.2. The highest BCUT2D eigenvalue weighted by Gasteiger charge is 2.08. The molecule has 8 heteroatoms. The molecular weight excluding hydrogens is 384 g/mol. The van der Waals surface area contributed by atoms with Gasteiger partial charge in [-0.05, 0) is 30.7 Å². The van der Waals surface area contributed by atoms with E-state index in [2.05, 4.69) is 25.7 Å². The molecule has 0 aliphatic carbocycles. The second kappa shape index (κ2) is 8.32. The number of nitrogens with one attached hydrogen (secondary N) is 2. The van der Waals surface area contributed by atoms with Crippen LogP contribution in [0.1, 0.15) is 27.2 Å². The van der Waals surface area contributed by atoms with Gasteiger partial charge in [0.2, 0.25) is 0 Å². The number of hydrazone groups is 1. The summed E-state index contributed by atoms with van der Waals surface area (Å²) in [5.74, 6) is 0.512. The van der Waals surface area contributed by atoms with Gasteiger partial charge in [0.15, 0.2) is 5.16 Å². The number of amides is 1. The maximum atomic E-state index is 12.4. The smallest absolute Gasteiger partial charge is 0.271 e. The largest absolute Gasteiger partial charge is 0.358 e. The number of hydrogen-bond donors (Lipinski definition) is 2. The lowest BCUT2D eigenvalue weighted by Crippen LogP contribution is -2.17. The summed E-state index contributed by atoms with van der Waals surface area (Å²) < 4.78 is 1.87. The van der Waals surface area contributed by atoms with E-state index in [1.807, 2.05) is 54.9 Å². The molecule has 0 saturated heterocycles. The Labute approximate surface area is 172 Å². The molecule has 146 valence electrons. The summed E-state index contributed by atoms with van der Waals surface area (Å²) in [5, 5.41) is 14.0. The van der Waals surface area contributed by atoms with E-state index in [0.29, 0.717) is 5.56 Å². The quantitative estimate of drug-likeness (QED) is 0.292. The van der Waals surface area contributed by atoms with Crippen molar-refractivity contribution >= 4 is 34.8 Å². The molecule has 2 N–H and O–H groups in total. The van der Waals surface area contributed by atoms with Gasteiger partial charge in [-0.2, -0.15) is 5.10 Å². The lowest BCUT2D eigenvalue weighted by molar-refractivity contribution is 0.0955. The van der Waals surface area contributed by atoms with Gasteiger partial charge in [0.25, 0.3) is 5.91 Å². The van der Waals surface area contributed by atoms with Gasteiger partial charge < -0.3 is 9.55 Å². The fraction of sp³-hybridized carbons (Fsp3) is 0.143. The third-order valence-corrected chi connectivity index (χ3v) is 5.66. The zero-order valence-corrected chi connectivity index (χ0v) is 16.9. The van der Waals surface area contributed by atoms with Crippen LogP contribution >= 0.6 is 11.8 Å². The second-order valence-corrected chi connectivity index (χ2v) is 7.56. The van der Waals surface area contributed by atoms with E-state index in [0.717, 1.165) is 38.6 Å². The molecule has 0 unspecified atom stereocenters. The lowest BCUT2D eigenvalue weighted by Gasteiger charge is -2.03. The Kier molecular flexibility index (Phi) is 5.44. The molecule has 0 spiro atoms. The second-order valence-electron chi connectivity index (χ2n) is 6.62. The molecule has 2 aromatic carbocycles. The molecule has 0 fully saturated rings. The first-order chi connectivity index (χ1) is 14.1.